The average molecular weight is 262 g/mol. The summed E-state index contributed by atoms with van der Waals surface area (Å²) in [5.41, 5.74) is 1.26. The van der Waals surface area contributed by atoms with Crippen molar-refractivity contribution < 1.29 is 0 Å². The monoisotopic (exact) mass is 262 g/mol. The molecule has 0 aliphatic carbocycles. The SMILES string of the molecule is CCCn1c(N(C)Cc2ccccc2)n[nH]c1=S. The summed E-state index contributed by atoms with van der Waals surface area (Å²) in [7, 11) is 2.03. The first-order valence-electron chi connectivity index (χ1n) is 6.12. The topological polar surface area (TPSA) is 36.9 Å². The van der Waals surface area contributed by atoms with Gasteiger partial charge < -0.3 is 4.90 Å². The zero-order valence-electron chi connectivity index (χ0n) is 10.8. The molecule has 0 unspecified atom stereocenters. The van der Waals surface area contributed by atoms with Crippen LogP contribution in [0.15, 0.2) is 30.3 Å². The second kappa shape index (κ2) is 5.82. The van der Waals surface area contributed by atoms with E-state index < -0.39 is 0 Å². The minimum atomic E-state index is 0.687. The number of anilines is 1. The molecule has 5 heteroatoms. The third-order valence-electron chi connectivity index (χ3n) is 2.79. The molecule has 1 aromatic carbocycles. The molecule has 0 aliphatic rings. The lowest BCUT2D eigenvalue weighted by atomic mass is 10.2. The van der Waals surface area contributed by atoms with Gasteiger partial charge in [-0.2, -0.15) is 0 Å². The van der Waals surface area contributed by atoms with Gasteiger partial charge in [-0.3, -0.25) is 4.57 Å². The average Bonchev–Trinajstić information content (AvgIpc) is 2.73. The fourth-order valence-electron chi connectivity index (χ4n) is 1.95. The molecule has 0 aliphatic heterocycles. The maximum Gasteiger partial charge on any atom is 0.225 e. The lowest BCUT2D eigenvalue weighted by Crippen LogP contribution is -2.21. The maximum atomic E-state index is 5.24. The van der Waals surface area contributed by atoms with Crippen molar-refractivity contribution in [1.29, 1.82) is 0 Å². The van der Waals surface area contributed by atoms with E-state index >= 15 is 0 Å². The second-order valence-electron chi connectivity index (χ2n) is 4.32. The van der Waals surface area contributed by atoms with Crippen LogP contribution in [-0.4, -0.2) is 21.8 Å². The number of aromatic amines is 1. The van der Waals surface area contributed by atoms with Gasteiger partial charge in [-0.05, 0) is 24.2 Å². The summed E-state index contributed by atoms with van der Waals surface area (Å²) < 4.78 is 2.73. The summed E-state index contributed by atoms with van der Waals surface area (Å²) in [6.45, 7) is 3.85. The molecule has 0 bridgehead atoms. The van der Waals surface area contributed by atoms with Crippen LogP contribution in [0.25, 0.3) is 0 Å². The number of hydrogen-bond donors (Lipinski definition) is 1. The number of H-pyrrole nitrogens is 1. The number of hydrogen-bond acceptors (Lipinski definition) is 3. The third kappa shape index (κ3) is 2.79. The molecule has 0 amide bonds. The normalized spacial score (nSPS) is 10.6. The molecule has 2 rings (SSSR count). The van der Waals surface area contributed by atoms with Gasteiger partial charge in [0.2, 0.25) is 5.95 Å². The molecule has 0 spiro atoms. The van der Waals surface area contributed by atoms with E-state index in [1.54, 1.807) is 0 Å². The van der Waals surface area contributed by atoms with E-state index in [0.717, 1.165) is 25.5 Å². The number of aromatic nitrogens is 3. The molecule has 0 saturated carbocycles. The van der Waals surface area contributed by atoms with E-state index in [-0.39, 0.29) is 0 Å². The highest BCUT2D eigenvalue weighted by Gasteiger charge is 2.10. The van der Waals surface area contributed by atoms with Gasteiger partial charge >= 0.3 is 0 Å². The highest BCUT2D eigenvalue weighted by Crippen LogP contribution is 2.13. The van der Waals surface area contributed by atoms with Crippen molar-refractivity contribution in [1.82, 2.24) is 14.8 Å². The number of rotatable bonds is 5. The van der Waals surface area contributed by atoms with E-state index in [4.69, 9.17) is 12.2 Å². The van der Waals surface area contributed by atoms with Gasteiger partial charge in [0, 0.05) is 20.1 Å². The minimum absolute atomic E-state index is 0.687. The zero-order valence-corrected chi connectivity index (χ0v) is 11.6. The quantitative estimate of drug-likeness (QED) is 0.842. The Kier molecular flexibility index (Phi) is 4.15. The summed E-state index contributed by atoms with van der Waals surface area (Å²) in [6, 6.07) is 10.3. The molecular formula is C13H18N4S. The van der Waals surface area contributed by atoms with Gasteiger partial charge in [-0.15, -0.1) is 5.10 Å². The van der Waals surface area contributed by atoms with Gasteiger partial charge in [-0.1, -0.05) is 37.3 Å². The lowest BCUT2D eigenvalue weighted by Gasteiger charge is -2.18. The van der Waals surface area contributed by atoms with E-state index in [9.17, 15) is 0 Å². The van der Waals surface area contributed by atoms with Crippen LogP contribution in [0.1, 0.15) is 18.9 Å². The van der Waals surface area contributed by atoms with E-state index in [0.29, 0.717) is 4.77 Å². The van der Waals surface area contributed by atoms with Crippen molar-refractivity contribution in [2.24, 2.45) is 0 Å². The lowest BCUT2D eigenvalue weighted by molar-refractivity contribution is 0.654. The van der Waals surface area contributed by atoms with E-state index in [1.165, 1.54) is 5.56 Å². The Hall–Kier alpha value is -1.62. The summed E-state index contributed by atoms with van der Waals surface area (Å²) in [5.74, 6) is 0.894. The second-order valence-corrected chi connectivity index (χ2v) is 4.71. The predicted molar refractivity (Wildman–Crippen MR) is 76.3 cm³/mol. The van der Waals surface area contributed by atoms with Crippen molar-refractivity contribution in [3.63, 3.8) is 0 Å². The van der Waals surface area contributed by atoms with Crippen LogP contribution < -0.4 is 4.90 Å². The molecule has 0 saturated heterocycles. The van der Waals surface area contributed by atoms with Crippen molar-refractivity contribution >= 4 is 18.2 Å². The van der Waals surface area contributed by atoms with Crippen molar-refractivity contribution in [2.45, 2.75) is 26.4 Å². The van der Waals surface area contributed by atoms with Crippen LogP contribution in [0.5, 0.6) is 0 Å². The van der Waals surface area contributed by atoms with Gasteiger partial charge in [-0.25, -0.2) is 5.10 Å². The molecule has 0 atom stereocenters. The Labute approximate surface area is 112 Å². The van der Waals surface area contributed by atoms with Crippen LogP contribution >= 0.6 is 12.2 Å². The van der Waals surface area contributed by atoms with Crippen molar-refractivity contribution in [3.05, 3.63) is 40.7 Å². The minimum Gasteiger partial charge on any atom is -0.340 e. The van der Waals surface area contributed by atoms with Gasteiger partial charge in [0.1, 0.15) is 0 Å². The van der Waals surface area contributed by atoms with Crippen LogP contribution in [0.3, 0.4) is 0 Å². The maximum absolute atomic E-state index is 5.24. The van der Waals surface area contributed by atoms with Crippen LogP contribution in [0, 0.1) is 4.77 Å². The van der Waals surface area contributed by atoms with Crippen molar-refractivity contribution in [2.75, 3.05) is 11.9 Å². The van der Waals surface area contributed by atoms with E-state index in [2.05, 4.69) is 34.2 Å². The molecule has 1 N–H and O–H groups in total. The van der Waals surface area contributed by atoms with Gasteiger partial charge in [0.25, 0.3) is 0 Å². The first-order chi connectivity index (χ1) is 8.72. The van der Waals surface area contributed by atoms with Crippen molar-refractivity contribution in [3.8, 4) is 0 Å². The first-order valence-corrected chi connectivity index (χ1v) is 6.53. The Bertz CT molecular complexity index is 544. The Balaban J connectivity index is 2.19. The first kappa shape index (κ1) is 12.8. The van der Waals surface area contributed by atoms with Crippen LogP contribution in [0.4, 0.5) is 5.95 Å². The molecule has 18 heavy (non-hydrogen) atoms. The van der Waals surface area contributed by atoms with Crippen LogP contribution in [0.2, 0.25) is 0 Å². The standard InChI is InChI=1S/C13H18N4S/c1-3-9-17-12(14-15-13(17)18)16(2)10-11-7-5-4-6-8-11/h4-8H,3,9-10H2,1-2H3,(H,15,18). The van der Waals surface area contributed by atoms with Gasteiger partial charge in [0.15, 0.2) is 4.77 Å². The smallest absolute Gasteiger partial charge is 0.225 e. The molecular weight excluding hydrogens is 244 g/mol. The van der Waals surface area contributed by atoms with Crippen LogP contribution in [-0.2, 0) is 13.1 Å². The highest BCUT2D eigenvalue weighted by molar-refractivity contribution is 7.71. The molecule has 4 nitrogen and oxygen atoms in total. The molecule has 1 heterocycles. The Morgan fingerprint density at radius 3 is 2.72 bits per heavy atom. The molecule has 1 aromatic heterocycles. The number of benzene rings is 1. The fraction of sp³-hybridized carbons (Fsp3) is 0.385. The Morgan fingerprint density at radius 2 is 2.06 bits per heavy atom. The third-order valence-corrected chi connectivity index (χ3v) is 3.10. The van der Waals surface area contributed by atoms with Gasteiger partial charge in [0.05, 0.1) is 0 Å². The number of nitrogens with one attached hydrogen (secondary N) is 1. The molecule has 2 aromatic rings. The van der Waals surface area contributed by atoms with E-state index in [1.807, 2.05) is 29.8 Å². The molecule has 0 radical (unpaired) electrons. The Morgan fingerprint density at radius 1 is 1.33 bits per heavy atom. The summed E-state index contributed by atoms with van der Waals surface area (Å²) in [4.78, 5) is 2.11. The predicted octanol–water partition coefficient (Wildman–Crippen LogP) is 2.99. The fourth-order valence-corrected chi connectivity index (χ4v) is 2.17. The number of nitrogens with zero attached hydrogens (tertiary/aromatic N) is 3. The largest absolute Gasteiger partial charge is 0.340 e. The summed E-state index contributed by atoms with van der Waals surface area (Å²) in [5, 5.41) is 7.16. The molecule has 96 valence electrons. The zero-order chi connectivity index (χ0) is 13.0. The highest BCUT2D eigenvalue weighted by atomic mass is 32.1. The summed E-state index contributed by atoms with van der Waals surface area (Å²) in [6.07, 6.45) is 1.04. The summed E-state index contributed by atoms with van der Waals surface area (Å²) >= 11 is 5.24. The molecule has 0 fully saturated rings.